The molecule has 0 saturated heterocycles. The minimum atomic E-state index is -0.979. The molecule has 0 fully saturated rings. The number of hydrogen-bond acceptors (Lipinski definition) is 3. The van der Waals surface area contributed by atoms with Gasteiger partial charge in [0, 0.05) is 15.8 Å². The molecule has 0 bridgehead atoms. The molecule has 2 heterocycles. The van der Waals surface area contributed by atoms with Crippen LogP contribution in [-0.4, -0.2) is 33.7 Å². The zero-order valence-electron chi connectivity index (χ0n) is 14.7. The quantitative estimate of drug-likeness (QED) is 0.645. The van der Waals surface area contributed by atoms with Crippen LogP contribution in [0.4, 0.5) is 5.69 Å². The molecule has 0 spiro atoms. The second-order valence-corrected chi connectivity index (χ2v) is 8.54. The van der Waals surface area contributed by atoms with Gasteiger partial charge in [0.05, 0.1) is 6.54 Å². The SMILES string of the molecule is CCc1ccc(N2CC(O)(c3ccc(Br)cc3)[N+]3=C2SCCC3)cc1.[Br-]. The van der Waals surface area contributed by atoms with Gasteiger partial charge in [-0.25, -0.2) is 9.48 Å². The zero-order chi connectivity index (χ0) is 17.4. The van der Waals surface area contributed by atoms with E-state index in [1.54, 1.807) is 0 Å². The molecule has 0 aliphatic carbocycles. The Morgan fingerprint density at radius 3 is 2.50 bits per heavy atom. The van der Waals surface area contributed by atoms with Gasteiger partial charge in [0.2, 0.25) is 0 Å². The highest BCUT2D eigenvalue weighted by molar-refractivity contribution is 9.10. The lowest BCUT2D eigenvalue weighted by molar-refractivity contribution is -0.656. The lowest BCUT2D eigenvalue weighted by Gasteiger charge is -2.24. The van der Waals surface area contributed by atoms with E-state index >= 15 is 0 Å². The standard InChI is InChI=1S/C20H22BrN2OS.BrH/c1-2-15-4-10-18(11-5-15)22-14-20(24,16-6-8-17(21)9-7-16)23-12-3-13-25-19(22)23;/h4-11,24H,2-3,12-14H2,1H3;1H/q+1;/p-1. The molecular weight excluding hydrogens is 476 g/mol. The molecule has 1 atom stereocenters. The van der Waals surface area contributed by atoms with E-state index in [1.165, 1.54) is 10.7 Å². The van der Waals surface area contributed by atoms with Gasteiger partial charge in [-0.15, -0.1) is 0 Å². The average molecular weight is 498 g/mol. The van der Waals surface area contributed by atoms with Gasteiger partial charge in [-0.2, -0.15) is 0 Å². The smallest absolute Gasteiger partial charge is 0.316 e. The van der Waals surface area contributed by atoms with E-state index in [4.69, 9.17) is 0 Å². The number of halogens is 2. The van der Waals surface area contributed by atoms with Crippen LogP contribution >= 0.6 is 27.7 Å². The molecule has 1 unspecified atom stereocenters. The van der Waals surface area contributed by atoms with Gasteiger partial charge in [0.25, 0.3) is 5.72 Å². The van der Waals surface area contributed by atoms with Gasteiger partial charge in [-0.3, -0.25) is 0 Å². The Hall–Kier alpha value is -0.820. The molecule has 3 nitrogen and oxygen atoms in total. The fraction of sp³-hybridized carbons (Fsp3) is 0.350. The molecule has 2 aliphatic rings. The summed E-state index contributed by atoms with van der Waals surface area (Å²) in [5.74, 6) is 1.10. The summed E-state index contributed by atoms with van der Waals surface area (Å²) in [6.07, 6.45) is 2.14. The summed E-state index contributed by atoms with van der Waals surface area (Å²) in [4.78, 5) is 2.27. The van der Waals surface area contributed by atoms with Crippen molar-refractivity contribution in [3.63, 3.8) is 0 Å². The van der Waals surface area contributed by atoms with Gasteiger partial charge in [0.1, 0.15) is 5.69 Å². The molecule has 0 aromatic heterocycles. The maximum Gasteiger partial charge on any atom is 0.316 e. The van der Waals surface area contributed by atoms with Gasteiger partial charge in [-0.05, 0) is 54.4 Å². The predicted octanol–water partition coefficient (Wildman–Crippen LogP) is 1.19. The molecule has 6 heteroatoms. The number of hydrogen-bond donors (Lipinski definition) is 1. The van der Waals surface area contributed by atoms with Crippen LogP contribution in [0, 0.1) is 0 Å². The lowest BCUT2D eigenvalue weighted by atomic mass is 10.0. The highest BCUT2D eigenvalue weighted by atomic mass is 79.9. The van der Waals surface area contributed by atoms with E-state index in [1.807, 2.05) is 36.0 Å². The molecule has 26 heavy (non-hydrogen) atoms. The van der Waals surface area contributed by atoms with Crippen molar-refractivity contribution < 1.29 is 26.7 Å². The number of amidine groups is 1. The van der Waals surface area contributed by atoms with Crippen molar-refractivity contribution in [2.24, 2.45) is 0 Å². The minimum absolute atomic E-state index is 0. The average Bonchev–Trinajstić information content (AvgIpc) is 2.97. The molecule has 2 aromatic carbocycles. The molecule has 4 rings (SSSR count). The fourth-order valence-electron chi connectivity index (χ4n) is 3.58. The Labute approximate surface area is 178 Å². The lowest BCUT2D eigenvalue weighted by Crippen LogP contribution is -3.00. The van der Waals surface area contributed by atoms with Crippen molar-refractivity contribution in [3.05, 3.63) is 64.1 Å². The van der Waals surface area contributed by atoms with Crippen molar-refractivity contribution in [1.82, 2.24) is 0 Å². The summed E-state index contributed by atoms with van der Waals surface area (Å²) in [5.41, 5.74) is 2.46. The number of aryl methyl sites for hydroxylation is 1. The summed E-state index contributed by atoms with van der Waals surface area (Å²) < 4.78 is 3.21. The molecule has 0 radical (unpaired) electrons. The van der Waals surface area contributed by atoms with Crippen LogP contribution in [0.25, 0.3) is 0 Å². The van der Waals surface area contributed by atoms with Gasteiger partial charge < -0.3 is 22.1 Å². The number of rotatable bonds is 3. The Bertz CT molecular complexity index is 808. The van der Waals surface area contributed by atoms with Crippen LogP contribution in [0.5, 0.6) is 0 Å². The number of thioether (sulfide) groups is 1. The van der Waals surface area contributed by atoms with E-state index in [2.05, 4.69) is 56.6 Å². The number of benzene rings is 2. The number of anilines is 1. The second-order valence-electron chi connectivity index (χ2n) is 6.57. The highest BCUT2D eigenvalue weighted by Gasteiger charge is 2.53. The third kappa shape index (κ3) is 3.49. The van der Waals surface area contributed by atoms with E-state index in [9.17, 15) is 5.11 Å². The fourth-order valence-corrected chi connectivity index (χ4v) is 5.02. The van der Waals surface area contributed by atoms with E-state index < -0.39 is 5.72 Å². The van der Waals surface area contributed by atoms with Gasteiger partial charge in [-0.1, -0.05) is 47.1 Å². The Kier molecular flexibility index (Phi) is 6.17. The molecule has 0 amide bonds. The van der Waals surface area contributed by atoms with Crippen LogP contribution in [0.1, 0.15) is 24.5 Å². The third-order valence-corrected chi connectivity index (χ3v) is 6.73. The molecule has 1 N–H and O–H groups in total. The maximum atomic E-state index is 11.6. The number of β-amino-alcohol motifs (C(OH)–C–C–N with tert-alkyl or cyclic N) is 1. The first kappa shape index (κ1) is 19.9. The molecule has 2 aromatic rings. The first-order chi connectivity index (χ1) is 12.1. The highest BCUT2D eigenvalue weighted by Crippen LogP contribution is 2.37. The topological polar surface area (TPSA) is 26.5 Å². The second kappa shape index (κ2) is 8.05. The van der Waals surface area contributed by atoms with Gasteiger partial charge >= 0.3 is 5.17 Å². The van der Waals surface area contributed by atoms with Gasteiger partial charge in [0.15, 0.2) is 6.54 Å². The number of aliphatic hydroxyl groups is 1. The summed E-state index contributed by atoms with van der Waals surface area (Å²) >= 11 is 5.33. The van der Waals surface area contributed by atoms with Crippen molar-refractivity contribution in [2.45, 2.75) is 25.5 Å². The Balaban J connectivity index is 0.00000196. The first-order valence-electron chi connectivity index (χ1n) is 8.74. The summed E-state index contributed by atoms with van der Waals surface area (Å²) in [6, 6.07) is 16.8. The van der Waals surface area contributed by atoms with Crippen LogP contribution in [0.3, 0.4) is 0 Å². The maximum absolute atomic E-state index is 11.6. The van der Waals surface area contributed by atoms with E-state index in [0.717, 1.165) is 40.9 Å². The van der Waals surface area contributed by atoms with Crippen molar-refractivity contribution in [3.8, 4) is 0 Å². The number of nitrogens with zero attached hydrogens (tertiary/aromatic N) is 2. The zero-order valence-corrected chi connectivity index (χ0v) is 18.6. The van der Waals surface area contributed by atoms with Crippen molar-refractivity contribution >= 4 is 38.5 Å². The largest absolute Gasteiger partial charge is 1.00 e. The Morgan fingerprint density at radius 2 is 1.85 bits per heavy atom. The van der Waals surface area contributed by atoms with Crippen molar-refractivity contribution in [1.29, 1.82) is 0 Å². The summed E-state index contributed by atoms with van der Waals surface area (Å²) in [7, 11) is 0. The molecule has 2 aliphatic heterocycles. The summed E-state index contributed by atoms with van der Waals surface area (Å²) in [5, 5.41) is 12.8. The molecular formula is C20H22Br2N2OS. The van der Waals surface area contributed by atoms with Crippen molar-refractivity contribution in [2.75, 3.05) is 23.7 Å². The third-order valence-electron chi connectivity index (χ3n) is 5.01. The van der Waals surface area contributed by atoms with Crippen LogP contribution < -0.4 is 21.9 Å². The normalized spacial score (nSPS) is 22.2. The van der Waals surface area contributed by atoms with Crippen LogP contribution in [0.15, 0.2) is 53.0 Å². The monoisotopic (exact) mass is 496 g/mol. The Morgan fingerprint density at radius 1 is 1.15 bits per heavy atom. The molecule has 138 valence electrons. The minimum Gasteiger partial charge on any atom is -1.00 e. The summed E-state index contributed by atoms with van der Waals surface area (Å²) in [6.45, 7) is 3.62. The van der Waals surface area contributed by atoms with Crippen LogP contribution in [-0.2, 0) is 12.1 Å². The van der Waals surface area contributed by atoms with E-state index in [-0.39, 0.29) is 17.0 Å². The molecule has 0 saturated carbocycles. The van der Waals surface area contributed by atoms with Crippen LogP contribution in [0.2, 0.25) is 0 Å². The first-order valence-corrected chi connectivity index (χ1v) is 10.5. The van der Waals surface area contributed by atoms with E-state index in [0.29, 0.717) is 6.54 Å². The predicted molar refractivity (Wildman–Crippen MR) is 108 cm³/mol.